The van der Waals surface area contributed by atoms with E-state index in [4.69, 9.17) is 20.8 Å². The largest absolute Gasteiger partial charge is 0.493 e. The Hall–Kier alpha value is -2.80. The molecule has 0 aliphatic carbocycles. The van der Waals surface area contributed by atoms with Crippen molar-refractivity contribution in [3.63, 3.8) is 0 Å². The highest BCUT2D eigenvalue weighted by Crippen LogP contribution is 2.31. The van der Waals surface area contributed by atoms with Gasteiger partial charge in [0.2, 0.25) is 5.89 Å². The van der Waals surface area contributed by atoms with Crippen LogP contribution in [0, 0.1) is 0 Å². The summed E-state index contributed by atoms with van der Waals surface area (Å²) in [4.78, 5) is 4.19. The van der Waals surface area contributed by atoms with E-state index in [-0.39, 0.29) is 18.0 Å². The Morgan fingerprint density at radius 1 is 1.19 bits per heavy atom. The number of hydrogen-bond donors (Lipinski definition) is 1. The first kappa shape index (κ1) is 18.0. The summed E-state index contributed by atoms with van der Waals surface area (Å²) in [5, 5.41) is 3.64. The molecule has 0 radical (unpaired) electrons. The Morgan fingerprint density at radius 3 is 2.77 bits per heavy atom. The molecule has 0 atom stereocenters. The predicted octanol–water partition coefficient (Wildman–Crippen LogP) is 5.22. The second-order valence-electron chi connectivity index (χ2n) is 5.23. The van der Waals surface area contributed by atoms with Gasteiger partial charge in [0.15, 0.2) is 17.3 Å². The van der Waals surface area contributed by atoms with Gasteiger partial charge in [-0.15, -0.1) is 0 Å². The molecule has 0 saturated carbocycles. The van der Waals surface area contributed by atoms with Crippen LogP contribution < -0.4 is 14.8 Å². The molecule has 136 valence electrons. The van der Waals surface area contributed by atoms with Gasteiger partial charge in [-0.25, -0.2) is 4.98 Å². The van der Waals surface area contributed by atoms with Gasteiger partial charge in [-0.2, -0.15) is 8.78 Å². The monoisotopic (exact) mass is 380 g/mol. The summed E-state index contributed by atoms with van der Waals surface area (Å²) < 4.78 is 40.1. The summed E-state index contributed by atoms with van der Waals surface area (Å²) in [7, 11) is 1.38. The second-order valence-corrected chi connectivity index (χ2v) is 5.66. The molecule has 1 aromatic heterocycles. The van der Waals surface area contributed by atoms with Crippen LogP contribution in [-0.2, 0) is 6.54 Å². The van der Waals surface area contributed by atoms with Crippen molar-refractivity contribution in [1.29, 1.82) is 0 Å². The molecule has 8 heteroatoms. The molecule has 0 aliphatic heterocycles. The quantitative estimate of drug-likeness (QED) is 0.609. The van der Waals surface area contributed by atoms with Crippen LogP contribution in [0.25, 0.3) is 11.3 Å². The molecule has 3 aromatic rings. The van der Waals surface area contributed by atoms with Crippen molar-refractivity contribution in [2.75, 3.05) is 12.4 Å². The van der Waals surface area contributed by atoms with Gasteiger partial charge in [-0.05, 0) is 24.3 Å². The lowest BCUT2D eigenvalue weighted by molar-refractivity contribution is -0.0511. The Labute approximate surface area is 153 Å². The van der Waals surface area contributed by atoms with E-state index in [9.17, 15) is 8.78 Å². The van der Waals surface area contributed by atoms with Crippen molar-refractivity contribution in [3.05, 3.63) is 59.6 Å². The number of hydrogen-bond acceptors (Lipinski definition) is 5. The fourth-order valence-corrected chi connectivity index (χ4v) is 2.51. The Balaban J connectivity index is 1.69. The topological polar surface area (TPSA) is 56.5 Å². The van der Waals surface area contributed by atoms with E-state index in [1.807, 2.05) is 12.1 Å². The summed E-state index contributed by atoms with van der Waals surface area (Å²) >= 11 is 5.97. The van der Waals surface area contributed by atoms with Gasteiger partial charge in [0.05, 0.1) is 19.9 Å². The predicted molar refractivity (Wildman–Crippen MR) is 93.9 cm³/mol. The van der Waals surface area contributed by atoms with Gasteiger partial charge < -0.3 is 19.2 Å². The number of nitrogens with one attached hydrogen (secondary N) is 1. The smallest absolute Gasteiger partial charge is 0.387 e. The summed E-state index contributed by atoms with van der Waals surface area (Å²) in [6, 6.07) is 11.9. The number of alkyl halides is 2. The van der Waals surface area contributed by atoms with Crippen LogP contribution in [0.2, 0.25) is 5.02 Å². The van der Waals surface area contributed by atoms with Gasteiger partial charge in [0.1, 0.15) is 0 Å². The first-order valence-electron chi connectivity index (χ1n) is 7.62. The molecule has 5 nitrogen and oxygen atoms in total. The fourth-order valence-electron chi connectivity index (χ4n) is 2.32. The van der Waals surface area contributed by atoms with Crippen molar-refractivity contribution < 1.29 is 22.7 Å². The number of oxazole rings is 1. The molecule has 3 rings (SSSR count). The van der Waals surface area contributed by atoms with Gasteiger partial charge >= 0.3 is 6.61 Å². The third-order valence-corrected chi connectivity index (χ3v) is 3.72. The maximum atomic E-state index is 12.5. The van der Waals surface area contributed by atoms with Crippen LogP contribution >= 0.6 is 11.6 Å². The third-order valence-electron chi connectivity index (χ3n) is 3.49. The zero-order valence-corrected chi connectivity index (χ0v) is 14.5. The van der Waals surface area contributed by atoms with Gasteiger partial charge in [0, 0.05) is 22.3 Å². The molecule has 0 amide bonds. The number of methoxy groups -OCH3 is 1. The van der Waals surface area contributed by atoms with E-state index < -0.39 is 6.61 Å². The lowest BCUT2D eigenvalue weighted by Gasteiger charge is -2.12. The average molecular weight is 381 g/mol. The summed E-state index contributed by atoms with van der Waals surface area (Å²) in [6.07, 6.45) is 1.60. The number of benzene rings is 2. The van der Waals surface area contributed by atoms with E-state index >= 15 is 0 Å². The van der Waals surface area contributed by atoms with E-state index in [0.717, 1.165) is 5.56 Å². The van der Waals surface area contributed by atoms with Crippen LogP contribution in [0.1, 0.15) is 5.89 Å². The fraction of sp³-hybridized carbons (Fsp3) is 0.167. The van der Waals surface area contributed by atoms with Crippen LogP contribution in [0.5, 0.6) is 11.5 Å². The molecule has 0 saturated heterocycles. The first-order chi connectivity index (χ1) is 12.5. The summed E-state index contributed by atoms with van der Waals surface area (Å²) in [5.74, 6) is 1.18. The van der Waals surface area contributed by atoms with Crippen molar-refractivity contribution in [2.24, 2.45) is 0 Å². The van der Waals surface area contributed by atoms with Crippen LogP contribution in [0.4, 0.5) is 14.5 Å². The number of rotatable bonds is 7. The Bertz CT molecular complexity index is 886. The highest BCUT2D eigenvalue weighted by molar-refractivity contribution is 6.30. The van der Waals surface area contributed by atoms with Crippen LogP contribution in [0.3, 0.4) is 0 Å². The minimum absolute atomic E-state index is 0.0560. The number of nitrogens with zero attached hydrogens (tertiary/aromatic N) is 1. The van der Waals surface area contributed by atoms with Crippen molar-refractivity contribution >= 4 is 17.3 Å². The van der Waals surface area contributed by atoms with Gasteiger partial charge in [-0.3, -0.25) is 0 Å². The number of anilines is 1. The zero-order valence-electron chi connectivity index (χ0n) is 13.7. The highest BCUT2D eigenvalue weighted by Gasteiger charge is 2.12. The zero-order chi connectivity index (χ0) is 18.5. The van der Waals surface area contributed by atoms with Gasteiger partial charge in [0.25, 0.3) is 0 Å². The first-order valence-corrected chi connectivity index (χ1v) is 8.00. The normalized spacial score (nSPS) is 10.8. The lowest BCUT2D eigenvalue weighted by atomic mass is 10.2. The van der Waals surface area contributed by atoms with Crippen molar-refractivity contribution in [3.8, 4) is 22.8 Å². The molecule has 1 heterocycles. The average Bonchev–Trinajstić information content (AvgIpc) is 3.09. The number of halogens is 3. The van der Waals surface area contributed by atoms with Crippen molar-refractivity contribution in [1.82, 2.24) is 4.98 Å². The molecular formula is C18H15ClF2N2O3. The number of ether oxygens (including phenoxy) is 2. The van der Waals surface area contributed by atoms with E-state index in [1.54, 1.807) is 24.4 Å². The molecule has 1 N–H and O–H groups in total. The van der Waals surface area contributed by atoms with E-state index in [0.29, 0.717) is 22.4 Å². The standard InChI is InChI=1S/C18H15ClF2N2O3/c1-24-14-6-5-13(8-15(14)26-18(20)21)22-10-17-23-9-16(25-17)11-3-2-4-12(19)7-11/h2-9,18,22H,10H2,1H3. The van der Waals surface area contributed by atoms with Crippen molar-refractivity contribution in [2.45, 2.75) is 13.2 Å². The Morgan fingerprint density at radius 2 is 2.04 bits per heavy atom. The summed E-state index contributed by atoms with van der Waals surface area (Å²) in [5.41, 5.74) is 1.37. The van der Waals surface area contributed by atoms with Crippen LogP contribution in [-0.4, -0.2) is 18.7 Å². The van der Waals surface area contributed by atoms with Gasteiger partial charge in [-0.1, -0.05) is 23.7 Å². The lowest BCUT2D eigenvalue weighted by Crippen LogP contribution is -2.05. The molecule has 26 heavy (non-hydrogen) atoms. The third kappa shape index (κ3) is 4.43. The molecule has 0 bridgehead atoms. The molecule has 0 spiro atoms. The highest BCUT2D eigenvalue weighted by atomic mass is 35.5. The molecule has 0 fully saturated rings. The van der Waals surface area contributed by atoms with E-state index in [2.05, 4.69) is 15.0 Å². The van der Waals surface area contributed by atoms with Crippen LogP contribution in [0.15, 0.2) is 53.1 Å². The minimum Gasteiger partial charge on any atom is -0.493 e. The summed E-state index contributed by atoms with van der Waals surface area (Å²) in [6.45, 7) is -2.67. The molecule has 0 unspecified atom stereocenters. The maximum absolute atomic E-state index is 12.5. The molecule has 0 aliphatic rings. The minimum atomic E-state index is -2.94. The number of aromatic nitrogens is 1. The Kier molecular flexibility index (Phi) is 5.58. The molecule has 2 aromatic carbocycles. The SMILES string of the molecule is COc1ccc(NCc2ncc(-c3cccc(Cl)c3)o2)cc1OC(F)F. The van der Waals surface area contributed by atoms with E-state index in [1.165, 1.54) is 19.2 Å². The molecular weight excluding hydrogens is 366 g/mol. The maximum Gasteiger partial charge on any atom is 0.387 e. The second kappa shape index (κ2) is 8.05.